The Morgan fingerprint density at radius 1 is 1.17 bits per heavy atom. The van der Waals surface area contributed by atoms with E-state index in [1.54, 1.807) is 0 Å². The van der Waals surface area contributed by atoms with Gasteiger partial charge in [-0.3, -0.25) is 9.69 Å². The predicted molar refractivity (Wildman–Crippen MR) is 141 cm³/mol. The van der Waals surface area contributed by atoms with E-state index in [2.05, 4.69) is 92.1 Å². The van der Waals surface area contributed by atoms with Crippen LogP contribution in [0.15, 0.2) is 23.0 Å². The van der Waals surface area contributed by atoms with Crippen molar-refractivity contribution in [3.8, 4) is 0 Å². The first kappa shape index (κ1) is 25.5. The molecule has 0 aliphatic heterocycles. The van der Waals surface area contributed by atoms with E-state index < -0.39 is 0 Å². The van der Waals surface area contributed by atoms with Gasteiger partial charge in [0.25, 0.3) is 5.56 Å². The molecule has 1 N–H and O–H groups in total. The zero-order valence-electron chi connectivity index (χ0n) is 22.6. The standard InChI is InChI=1S/C28H42N6O/c1-8-28(6,7)34-26(30-31-32-34)25(18(2)3)33(23-12-10-9-11-13-23)17-22-16-21-15-14-19(4)20(5)24(21)29-27(22)35/h14-16,18,23,25H,8-13,17H2,1-7H3,(H,29,35). The molecule has 3 aromatic rings. The number of tetrazole rings is 1. The van der Waals surface area contributed by atoms with Gasteiger partial charge in [0, 0.05) is 18.2 Å². The van der Waals surface area contributed by atoms with E-state index in [4.69, 9.17) is 0 Å². The van der Waals surface area contributed by atoms with Gasteiger partial charge in [-0.2, -0.15) is 0 Å². The lowest BCUT2D eigenvalue weighted by molar-refractivity contribution is 0.0572. The predicted octanol–water partition coefficient (Wildman–Crippen LogP) is 5.81. The van der Waals surface area contributed by atoms with Crippen LogP contribution in [0, 0.1) is 19.8 Å². The highest BCUT2D eigenvalue weighted by Gasteiger charge is 2.37. The molecule has 0 radical (unpaired) electrons. The molecule has 1 atom stereocenters. The molecule has 1 fully saturated rings. The molecule has 0 bridgehead atoms. The molecule has 7 nitrogen and oxygen atoms in total. The third kappa shape index (κ3) is 5.06. The van der Waals surface area contributed by atoms with E-state index in [1.807, 2.05) is 4.68 Å². The number of aromatic amines is 1. The fourth-order valence-corrected chi connectivity index (χ4v) is 5.54. The molecule has 0 spiro atoms. The summed E-state index contributed by atoms with van der Waals surface area (Å²) in [5.74, 6) is 1.19. The SMILES string of the molecule is CCC(C)(C)n1nnnc1C(C(C)C)N(Cc1cc2ccc(C)c(C)c2[nH]c1=O)C1CCCCC1. The van der Waals surface area contributed by atoms with E-state index in [0.717, 1.165) is 47.1 Å². The second-order valence-corrected chi connectivity index (χ2v) is 11.4. The van der Waals surface area contributed by atoms with Crippen molar-refractivity contribution in [1.82, 2.24) is 30.1 Å². The van der Waals surface area contributed by atoms with Gasteiger partial charge in [0.05, 0.1) is 17.1 Å². The maximum atomic E-state index is 13.3. The first-order chi connectivity index (χ1) is 16.6. The smallest absolute Gasteiger partial charge is 0.252 e. The van der Waals surface area contributed by atoms with Crippen LogP contribution in [0.25, 0.3) is 10.9 Å². The Morgan fingerprint density at radius 2 is 1.89 bits per heavy atom. The van der Waals surface area contributed by atoms with E-state index >= 15 is 0 Å². The highest BCUT2D eigenvalue weighted by Crippen LogP contribution is 2.37. The molecular weight excluding hydrogens is 436 g/mol. The number of fused-ring (bicyclic) bond motifs is 1. The van der Waals surface area contributed by atoms with Crippen molar-refractivity contribution in [1.29, 1.82) is 0 Å². The van der Waals surface area contributed by atoms with Crippen molar-refractivity contribution in [3.63, 3.8) is 0 Å². The minimum Gasteiger partial charge on any atom is -0.321 e. The molecule has 2 heterocycles. The van der Waals surface area contributed by atoms with Gasteiger partial charge in [-0.15, -0.1) is 5.10 Å². The number of rotatable bonds is 8. The summed E-state index contributed by atoms with van der Waals surface area (Å²) in [5, 5.41) is 14.2. The Morgan fingerprint density at radius 3 is 2.54 bits per heavy atom. The Kier molecular flexibility index (Phi) is 7.46. The van der Waals surface area contributed by atoms with Crippen LogP contribution in [-0.2, 0) is 12.1 Å². The monoisotopic (exact) mass is 478 g/mol. The summed E-state index contributed by atoms with van der Waals surface area (Å²) in [6, 6.07) is 6.77. The highest BCUT2D eigenvalue weighted by atomic mass is 16.1. The van der Waals surface area contributed by atoms with E-state index in [-0.39, 0.29) is 17.1 Å². The lowest BCUT2D eigenvalue weighted by atomic mass is 9.89. The van der Waals surface area contributed by atoms with Crippen molar-refractivity contribution in [2.45, 2.75) is 111 Å². The third-order valence-electron chi connectivity index (χ3n) is 8.21. The Hall–Kier alpha value is -2.54. The van der Waals surface area contributed by atoms with Crippen molar-refractivity contribution in [3.05, 3.63) is 51.1 Å². The summed E-state index contributed by atoms with van der Waals surface area (Å²) in [6.07, 6.45) is 6.96. The zero-order valence-corrected chi connectivity index (χ0v) is 22.6. The van der Waals surface area contributed by atoms with Gasteiger partial charge in [0.1, 0.15) is 0 Å². The van der Waals surface area contributed by atoms with Crippen molar-refractivity contribution in [2.24, 2.45) is 5.92 Å². The van der Waals surface area contributed by atoms with Crippen LogP contribution in [-0.4, -0.2) is 36.1 Å². The quantitative estimate of drug-likeness (QED) is 0.442. The zero-order chi connectivity index (χ0) is 25.3. The second-order valence-electron chi connectivity index (χ2n) is 11.4. The number of H-pyrrole nitrogens is 1. The minimum atomic E-state index is -0.181. The van der Waals surface area contributed by atoms with Crippen LogP contribution in [0.4, 0.5) is 0 Å². The normalized spacial score (nSPS) is 16.5. The number of hydrogen-bond donors (Lipinski definition) is 1. The lowest BCUT2D eigenvalue weighted by Gasteiger charge is -2.42. The fraction of sp³-hybridized carbons (Fsp3) is 0.643. The van der Waals surface area contributed by atoms with Gasteiger partial charge in [0.15, 0.2) is 5.82 Å². The Balaban J connectivity index is 1.81. The average molecular weight is 479 g/mol. The van der Waals surface area contributed by atoms with Gasteiger partial charge >= 0.3 is 0 Å². The second kappa shape index (κ2) is 10.2. The summed E-state index contributed by atoms with van der Waals surface area (Å²) < 4.78 is 2.02. The van der Waals surface area contributed by atoms with Gasteiger partial charge < -0.3 is 4.98 Å². The van der Waals surface area contributed by atoms with Crippen LogP contribution in [0.5, 0.6) is 0 Å². The molecular formula is C28H42N6O. The summed E-state index contributed by atoms with van der Waals surface area (Å²) in [6.45, 7) is 15.8. The molecule has 1 unspecified atom stereocenters. The molecule has 1 aromatic carbocycles. The molecule has 1 aliphatic rings. The molecule has 0 amide bonds. The van der Waals surface area contributed by atoms with E-state index in [9.17, 15) is 4.79 Å². The molecule has 2 aromatic heterocycles. The lowest BCUT2D eigenvalue weighted by Crippen LogP contribution is -2.44. The third-order valence-corrected chi connectivity index (χ3v) is 8.21. The first-order valence-corrected chi connectivity index (χ1v) is 13.3. The van der Waals surface area contributed by atoms with Gasteiger partial charge in [-0.25, -0.2) is 4.68 Å². The maximum absolute atomic E-state index is 13.3. The number of nitrogens with one attached hydrogen (secondary N) is 1. The van der Waals surface area contributed by atoms with Crippen molar-refractivity contribution in [2.75, 3.05) is 0 Å². The molecule has 1 saturated carbocycles. The topological polar surface area (TPSA) is 79.7 Å². The van der Waals surface area contributed by atoms with E-state index in [1.165, 1.54) is 24.8 Å². The van der Waals surface area contributed by atoms with Gasteiger partial charge in [-0.1, -0.05) is 52.2 Å². The van der Waals surface area contributed by atoms with Crippen molar-refractivity contribution >= 4 is 10.9 Å². The molecule has 190 valence electrons. The van der Waals surface area contributed by atoms with Crippen LogP contribution < -0.4 is 5.56 Å². The summed E-state index contributed by atoms with van der Waals surface area (Å²) in [5.41, 5.74) is 3.90. The van der Waals surface area contributed by atoms with Crippen LogP contribution >= 0.6 is 0 Å². The number of nitrogens with zero attached hydrogens (tertiary/aromatic N) is 5. The minimum absolute atomic E-state index is 0.00277. The van der Waals surface area contributed by atoms with E-state index in [0.29, 0.717) is 18.5 Å². The number of aromatic nitrogens is 5. The van der Waals surface area contributed by atoms with Crippen LogP contribution in [0.2, 0.25) is 0 Å². The summed E-state index contributed by atoms with van der Waals surface area (Å²) in [7, 11) is 0. The van der Waals surface area contributed by atoms with Gasteiger partial charge in [-0.05, 0) is 85.9 Å². The van der Waals surface area contributed by atoms with Gasteiger partial charge in [0.2, 0.25) is 0 Å². The Labute approximate surface area is 209 Å². The average Bonchev–Trinajstić information content (AvgIpc) is 3.32. The number of hydrogen-bond acceptors (Lipinski definition) is 5. The largest absolute Gasteiger partial charge is 0.321 e. The fourth-order valence-electron chi connectivity index (χ4n) is 5.54. The van der Waals surface area contributed by atoms with Crippen LogP contribution in [0.1, 0.15) is 102 Å². The molecule has 35 heavy (non-hydrogen) atoms. The van der Waals surface area contributed by atoms with Crippen LogP contribution in [0.3, 0.4) is 0 Å². The summed E-state index contributed by atoms with van der Waals surface area (Å²) >= 11 is 0. The number of aryl methyl sites for hydroxylation is 2. The number of pyridine rings is 1. The summed E-state index contributed by atoms with van der Waals surface area (Å²) in [4.78, 5) is 19.1. The molecule has 7 heteroatoms. The number of benzene rings is 1. The molecule has 1 aliphatic carbocycles. The first-order valence-electron chi connectivity index (χ1n) is 13.3. The molecule has 0 saturated heterocycles. The molecule has 4 rings (SSSR count). The Bertz CT molecular complexity index is 1220. The maximum Gasteiger partial charge on any atom is 0.252 e. The van der Waals surface area contributed by atoms with Crippen molar-refractivity contribution < 1.29 is 0 Å². The highest BCUT2D eigenvalue weighted by molar-refractivity contribution is 5.83.